The minimum atomic E-state index is -3.49. The quantitative estimate of drug-likeness (QED) is 0.764. The Morgan fingerprint density at radius 3 is 2.84 bits per heavy atom. The fourth-order valence-corrected chi connectivity index (χ4v) is 4.84. The molecule has 0 saturated carbocycles. The normalized spacial score (nSPS) is 22.4. The van der Waals surface area contributed by atoms with Crippen LogP contribution < -0.4 is 0 Å². The first-order valence-corrected chi connectivity index (χ1v) is 9.06. The van der Waals surface area contributed by atoms with E-state index in [1.54, 1.807) is 4.31 Å². The van der Waals surface area contributed by atoms with Gasteiger partial charge in [0.15, 0.2) is 4.67 Å². The highest BCUT2D eigenvalue weighted by atomic mass is 79.9. The highest BCUT2D eigenvalue weighted by Gasteiger charge is 2.30. The molecule has 0 amide bonds. The lowest BCUT2D eigenvalue weighted by molar-refractivity contribution is 0.414. The largest absolute Gasteiger partial charge is 0.452 e. The van der Waals surface area contributed by atoms with Gasteiger partial charge in [-0.3, -0.25) is 0 Å². The molecule has 1 unspecified atom stereocenters. The van der Waals surface area contributed by atoms with Crippen molar-refractivity contribution >= 4 is 37.6 Å². The average Bonchev–Trinajstić information content (AvgIpc) is 2.60. The van der Waals surface area contributed by atoms with Gasteiger partial charge in [-0.05, 0) is 41.1 Å². The molecule has 0 N–H and O–H groups in total. The smallest absolute Gasteiger partial charge is 0.247 e. The lowest BCUT2D eigenvalue weighted by atomic mass is 10.0. The van der Waals surface area contributed by atoms with Crippen molar-refractivity contribution in [2.45, 2.75) is 37.0 Å². The molecular weight excluding hydrogens is 354 g/mol. The molecule has 108 valence electrons. The van der Waals surface area contributed by atoms with E-state index in [-0.39, 0.29) is 15.4 Å². The number of sulfonamides is 1. The highest BCUT2D eigenvalue weighted by molar-refractivity contribution is 9.10. The summed E-state index contributed by atoms with van der Waals surface area (Å²) in [7, 11) is -3.49. The van der Waals surface area contributed by atoms with Crippen LogP contribution in [0.2, 0.25) is 0 Å². The van der Waals surface area contributed by atoms with E-state index in [0.717, 1.165) is 19.3 Å². The fraction of sp³-hybridized carbons (Fsp3) is 0.667. The number of hydrogen-bond donors (Lipinski definition) is 0. The lowest BCUT2D eigenvalue weighted by Crippen LogP contribution is -2.32. The maximum atomic E-state index is 12.6. The van der Waals surface area contributed by atoms with Gasteiger partial charge in [-0.1, -0.05) is 6.92 Å². The number of rotatable bonds is 3. The van der Waals surface area contributed by atoms with Gasteiger partial charge in [0, 0.05) is 19.2 Å². The molecule has 0 radical (unpaired) electrons. The zero-order chi connectivity index (χ0) is 14.0. The summed E-state index contributed by atoms with van der Waals surface area (Å²) in [6.07, 6.45) is 2.88. The lowest BCUT2D eigenvalue weighted by Gasteiger charge is -2.19. The van der Waals surface area contributed by atoms with Crippen molar-refractivity contribution in [3.8, 4) is 0 Å². The molecule has 0 aromatic carbocycles. The second kappa shape index (κ2) is 6.16. The summed E-state index contributed by atoms with van der Waals surface area (Å²) in [5.74, 6) is 1.19. The second-order valence-corrected chi connectivity index (χ2v) is 7.82. The highest BCUT2D eigenvalue weighted by Crippen LogP contribution is 2.31. The number of alkyl halides is 1. The second-order valence-electron chi connectivity index (χ2n) is 4.92. The minimum Gasteiger partial charge on any atom is -0.452 e. The molecule has 1 aromatic heterocycles. The van der Waals surface area contributed by atoms with Crippen LogP contribution in [0.3, 0.4) is 0 Å². The molecule has 1 aliphatic rings. The van der Waals surface area contributed by atoms with Crippen LogP contribution in [0.25, 0.3) is 0 Å². The van der Waals surface area contributed by atoms with Gasteiger partial charge in [-0.25, -0.2) is 8.42 Å². The summed E-state index contributed by atoms with van der Waals surface area (Å²) in [6.45, 7) is 3.30. The van der Waals surface area contributed by atoms with Crippen LogP contribution in [0.5, 0.6) is 0 Å². The molecule has 4 nitrogen and oxygen atoms in total. The molecule has 7 heteroatoms. The predicted octanol–water partition coefficient (Wildman–Crippen LogP) is 3.59. The van der Waals surface area contributed by atoms with Gasteiger partial charge < -0.3 is 4.42 Å². The Morgan fingerprint density at radius 1 is 1.47 bits per heavy atom. The Kier molecular flexibility index (Phi) is 4.98. The van der Waals surface area contributed by atoms with Crippen LogP contribution in [0, 0.1) is 5.92 Å². The van der Waals surface area contributed by atoms with E-state index >= 15 is 0 Å². The van der Waals surface area contributed by atoms with Gasteiger partial charge in [0.25, 0.3) is 0 Å². The molecule has 2 rings (SSSR count). The van der Waals surface area contributed by atoms with E-state index in [0.29, 0.717) is 24.8 Å². The Hall–Kier alpha value is -0.0400. The number of furan rings is 1. The SMILES string of the molecule is CC1CCCN(S(=O)(=O)c2cc(CCl)oc2Br)CC1. The molecule has 19 heavy (non-hydrogen) atoms. The van der Waals surface area contributed by atoms with Gasteiger partial charge in [-0.2, -0.15) is 4.31 Å². The summed E-state index contributed by atoms with van der Waals surface area (Å²) in [5, 5.41) is 0. The van der Waals surface area contributed by atoms with Crippen molar-refractivity contribution in [1.82, 2.24) is 4.31 Å². The van der Waals surface area contributed by atoms with Crippen LogP contribution >= 0.6 is 27.5 Å². The van der Waals surface area contributed by atoms with Crippen molar-refractivity contribution in [3.05, 3.63) is 16.5 Å². The number of hydrogen-bond acceptors (Lipinski definition) is 3. The molecule has 1 aliphatic heterocycles. The van der Waals surface area contributed by atoms with Crippen LogP contribution in [0.4, 0.5) is 0 Å². The van der Waals surface area contributed by atoms with E-state index in [1.165, 1.54) is 6.07 Å². The zero-order valence-corrected chi connectivity index (χ0v) is 13.9. The topological polar surface area (TPSA) is 50.5 Å². The third-order valence-electron chi connectivity index (χ3n) is 3.43. The summed E-state index contributed by atoms with van der Waals surface area (Å²) in [6, 6.07) is 1.50. The minimum absolute atomic E-state index is 0.158. The molecule has 0 spiro atoms. The van der Waals surface area contributed by atoms with Gasteiger partial charge >= 0.3 is 0 Å². The molecule has 1 aromatic rings. The van der Waals surface area contributed by atoms with E-state index in [9.17, 15) is 8.42 Å². The monoisotopic (exact) mass is 369 g/mol. The van der Waals surface area contributed by atoms with Gasteiger partial charge in [0.2, 0.25) is 10.0 Å². The van der Waals surface area contributed by atoms with Crippen molar-refractivity contribution in [3.63, 3.8) is 0 Å². The summed E-state index contributed by atoms with van der Waals surface area (Å²) in [5.41, 5.74) is 0. The Bertz CT molecular complexity index is 543. The first-order valence-electron chi connectivity index (χ1n) is 6.29. The standard InChI is InChI=1S/C12H17BrClNO3S/c1-9-3-2-5-15(6-4-9)19(16,17)11-7-10(8-14)18-12(11)13/h7,9H,2-6,8H2,1H3. The average molecular weight is 371 g/mol. The fourth-order valence-electron chi connectivity index (χ4n) is 2.26. The van der Waals surface area contributed by atoms with Crippen LogP contribution in [-0.2, 0) is 15.9 Å². The van der Waals surface area contributed by atoms with Gasteiger partial charge in [0.1, 0.15) is 10.7 Å². The summed E-state index contributed by atoms with van der Waals surface area (Å²) >= 11 is 8.83. The number of nitrogens with zero attached hydrogens (tertiary/aromatic N) is 1. The maximum absolute atomic E-state index is 12.6. The van der Waals surface area contributed by atoms with E-state index < -0.39 is 10.0 Å². The number of halogens is 2. The van der Waals surface area contributed by atoms with Crippen LogP contribution in [0.1, 0.15) is 31.9 Å². The molecule has 2 heterocycles. The molecule has 0 aliphatic carbocycles. The maximum Gasteiger partial charge on any atom is 0.247 e. The summed E-state index contributed by atoms with van der Waals surface area (Å²) < 4.78 is 32.2. The van der Waals surface area contributed by atoms with E-state index in [1.807, 2.05) is 0 Å². The van der Waals surface area contributed by atoms with Gasteiger partial charge in [0.05, 0.1) is 5.88 Å². The molecule has 1 atom stereocenters. The third kappa shape index (κ3) is 3.35. The molecule has 1 fully saturated rings. The van der Waals surface area contributed by atoms with Crippen molar-refractivity contribution in [1.29, 1.82) is 0 Å². The van der Waals surface area contributed by atoms with Crippen molar-refractivity contribution in [2.24, 2.45) is 5.92 Å². The van der Waals surface area contributed by atoms with Crippen LogP contribution in [-0.4, -0.2) is 25.8 Å². The molecule has 0 bridgehead atoms. The zero-order valence-electron chi connectivity index (χ0n) is 10.7. The molecular formula is C12H17BrClNO3S. The third-order valence-corrected chi connectivity index (χ3v) is 6.45. The van der Waals surface area contributed by atoms with Crippen LogP contribution in [0.15, 0.2) is 20.0 Å². The van der Waals surface area contributed by atoms with Crippen molar-refractivity contribution in [2.75, 3.05) is 13.1 Å². The van der Waals surface area contributed by atoms with Crippen molar-refractivity contribution < 1.29 is 12.8 Å². The summed E-state index contributed by atoms with van der Waals surface area (Å²) in [4.78, 5) is 0.178. The Labute approximate surface area is 127 Å². The Balaban J connectivity index is 2.28. The first-order chi connectivity index (χ1) is 8.95. The Morgan fingerprint density at radius 2 is 2.21 bits per heavy atom. The van der Waals surface area contributed by atoms with E-state index in [4.69, 9.17) is 16.0 Å². The first kappa shape index (κ1) is 15.4. The van der Waals surface area contributed by atoms with Gasteiger partial charge in [-0.15, -0.1) is 11.6 Å². The van der Waals surface area contributed by atoms with E-state index in [2.05, 4.69) is 22.9 Å². The molecule has 1 saturated heterocycles. The predicted molar refractivity (Wildman–Crippen MR) is 77.7 cm³/mol.